The fourth-order valence-electron chi connectivity index (χ4n) is 1.20. The lowest BCUT2D eigenvalue weighted by molar-refractivity contribution is -0.118. The van der Waals surface area contributed by atoms with Crippen LogP contribution in [0.3, 0.4) is 0 Å². The summed E-state index contributed by atoms with van der Waals surface area (Å²) in [7, 11) is 0. The Hall–Kier alpha value is -0.710. The molecule has 0 radical (unpaired) electrons. The zero-order chi connectivity index (χ0) is 12.5. The number of hydrogen-bond acceptors (Lipinski definition) is 3. The van der Waals surface area contributed by atoms with Gasteiger partial charge in [-0.15, -0.1) is 11.8 Å². The molecule has 3 nitrogen and oxygen atoms in total. The number of likely N-dealkylation sites (N-methyl/N-ethyl adjacent to an activating group) is 1. The molecule has 94 valence electrons. The van der Waals surface area contributed by atoms with E-state index in [0.29, 0.717) is 17.3 Å². The lowest BCUT2D eigenvalue weighted by atomic mass is 10.4. The molecule has 1 rings (SSSR count). The Morgan fingerprint density at radius 2 is 2.00 bits per heavy atom. The number of thioether (sulfide) groups is 1. The predicted octanol–water partition coefficient (Wildman–Crippen LogP) is 2.16. The highest BCUT2D eigenvalue weighted by atomic mass is 35.5. The van der Waals surface area contributed by atoms with Crippen LogP contribution in [0.5, 0.6) is 0 Å². The molecular weight excluding hydrogens is 256 g/mol. The maximum Gasteiger partial charge on any atom is 0.230 e. The van der Waals surface area contributed by atoms with E-state index >= 15 is 0 Å². The third kappa shape index (κ3) is 6.56. The van der Waals surface area contributed by atoms with Crippen molar-refractivity contribution >= 4 is 29.3 Å². The van der Waals surface area contributed by atoms with E-state index in [0.717, 1.165) is 18.0 Å². The molecular formula is C12H17ClN2OS. The summed E-state index contributed by atoms with van der Waals surface area (Å²) in [5.41, 5.74) is 0. The number of amides is 1. The number of nitrogens with one attached hydrogen (secondary N) is 2. The number of rotatable bonds is 7. The first-order valence-electron chi connectivity index (χ1n) is 5.58. The molecule has 0 atom stereocenters. The Morgan fingerprint density at radius 3 is 2.65 bits per heavy atom. The van der Waals surface area contributed by atoms with E-state index in [4.69, 9.17) is 11.6 Å². The highest BCUT2D eigenvalue weighted by molar-refractivity contribution is 8.00. The van der Waals surface area contributed by atoms with E-state index in [1.54, 1.807) is 0 Å². The summed E-state index contributed by atoms with van der Waals surface area (Å²) in [6.07, 6.45) is 0. The molecule has 0 aliphatic carbocycles. The highest BCUT2D eigenvalue weighted by Gasteiger charge is 2.01. The SMILES string of the molecule is CCNCCNC(=O)CSc1ccc(Cl)cc1. The van der Waals surface area contributed by atoms with E-state index < -0.39 is 0 Å². The Labute approximate surface area is 111 Å². The lowest BCUT2D eigenvalue weighted by Crippen LogP contribution is -2.32. The van der Waals surface area contributed by atoms with Gasteiger partial charge in [0.15, 0.2) is 0 Å². The normalized spacial score (nSPS) is 10.2. The fraction of sp³-hybridized carbons (Fsp3) is 0.417. The Morgan fingerprint density at radius 1 is 1.29 bits per heavy atom. The van der Waals surface area contributed by atoms with Gasteiger partial charge in [-0.2, -0.15) is 0 Å². The number of carbonyl (C=O) groups excluding carboxylic acids is 1. The summed E-state index contributed by atoms with van der Waals surface area (Å²) < 4.78 is 0. The van der Waals surface area contributed by atoms with Crippen LogP contribution < -0.4 is 10.6 Å². The van der Waals surface area contributed by atoms with Crippen LogP contribution in [0.2, 0.25) is 5.02 Å². The molecule has 17 heavy (non-hydrogen) atoms. The van der Waals surface area contributed by atoms with Gasteiger partial charge >= 0.3 is 0 Å². The quantitative estimate of drug-likeness (QED) is 0.590. The van der Waals surface area contributed by atoms with Crippen molar-refractivity contribution in [2.75, 3.05) is 25.4 Å². The molecule has 1 aromatic rings. The van der Waals surface area contributed by atoms with Crippen LogP contribution in [0.25, 0.3) is 0 Å². The average molecular weight is 273 g/mol. The molecule has 0 heterocycles. The number of carbonyl (C=O) groups is 1. The second-order valence-electron chi connectivity index (χ2n) is 3.45. The van der Waals surface area contributed by atoms with Gasteiger partial charge in [-0.25, -0.2) is 0 Å². The first kappa shape index (κ1) is 14.4. The van der Waals surface area contributed by atoms with E-state index in [2.05, 4.69) is 10.6 Å². The van der Waals surface area contributed by atoms with Crippen LogP contribution in [-0.2, 0) is 4.79 Å². The van der Waals surface area contributed by atoms with Gasteiger partial charge in [-0.3, -0.25) is 4.79 Å². The van der Waals surface area contributed by atoms with Crippen molar-refractivity contribution in [1.82, 2.24) is 10.6 Å². The second kappa shape index (κ2) is 8.39. The molecule has 0 unspecified atom stereocenters. The summed E-state index contributed by atoms with van der Waals surface area (Å²) in [4.78, 5) is 12.5. The largest absolute Gasteiger partial charge is 0.354 e. The van der Waals surface area contributed by atoms with Crippen LogP contribution in [0.15, 0.2) is 29.2 Å². The predicted molar refractivity (Wildman–Crippen MR) is 73.7 cm³/mol. The molecule has 0 spiro atoms. The van der Waals surface area contributed by atoms with Gasteiger partial charge < -0.3 is 10.6 Å². The van der Waals surface area contributed by atoms with Crippen LogP contribution in [0.4, 0.5) is 0 Å². The molecule has 0 bridgehead atoms. The second-order valence-corrected chi connectivity index (χ2v) is 4.93. The molecule has 0 aliphatic rings. The van der Waals surface area contributed by atoms with Gasteiger partial charge in [-0.1, -0.05) is 18.5 Å². The monoisotopic (exact) mass is 272 g/mol. The van der Waals surface area contributed by atoms with Gasteiger partial charge in [0.1, 0.15) is 0 Å². The summed E-state index contributed by atoms with van der Waals surface area (Å²) >= 11 is 7.29. The van der Waals surface area contributed by atoms with Gasteiger partial charge in [-0.05, 0) is 30.8 Å². The van der Waals surface area contributed by atoms with Crippen molar-refractivity contribution in [2.24, 2.45) is 0 Å². The van der Waals surface area contributed by atoms with Crippen molar-refractivity contribution in [3.05, 3.63) is 29.3 Å². The zero-order valence-electron chi connectivity index (χ0n) is 9.83. The molecule has 0 aliphatic heterocycles. The maximum atomic E-state index is 11.5. The molecule has 0 fully saturated rings. The van der Waals surface area contributed by atoms with Crippen molar-refractivity contribution in [3.63, 3.8) is 0 Å². The van der Waals surface area contributed by atoms with E-state index in [-0.39, 0.29) is 5.91 Å². The molecule has 0 aromatic heterocycles. The minimum absolute atomic E-state index is 0.0582. The zero-order valence-corrected chi connectivity index (χ0v) is 11.4. The molecule has 2 N–H and O–H groups in total. The topological polar surface area (TPSA) is 41.1 Å². The molecule has 0 saturated carbocycles. The van der Waals surface area contributed by atoms with Crippen LogP contribution in [0, 0.1) is 0 Å². The molecule has 5 heteroatoms. The van der Waals surface area contributed by atoms with Crippen molar-refractivity contribution < 1.29 is 4.79 Å². The van der Waals surface area contributed by atoms with E-state index in [1.807, 2.05) is 31.2 Å². The molecule has 1 amide bonds. The van der Waals surface area contributed by atoms with E-state index in [9.17, 15) is 4.79 Å². The van der Waals surface area contributed by atoms with Crippen LogP contribution in [0.1, 0.15) is 6.92 Å². The van der Waals surface area contributed by atoms with Crippen molar-refractivity contribution in [2.45, 2.75) is 11.8 Å². The minimum Gasteiger partial charge on any atom is -0.354 e. The van der Waals surface area contributed by atoms with Gasteiger partial charge in [0.25, 0.3) is 0 Å². The summed E-state index contributed by atoms with van der Waals surface area (Å²) in [6, 6.07) is 7.48. The lowest BCUT2D eigenvalue weighted by Gasteiger charge is -2.05. The Kier molecular flexibility index (Phi) is 7.08. The van der Waals surface area contributed by atoms with Crippen LogP contribution >= 0.6 is 23.4 Å². The number of benzene rings is 1. The third-order valence-corrected chi connectivity index (χ3v) is 3.32. The number of hydrogen-bond donors (Lipinski definition) is 2. The van der Waals surface area contributed by atoms with Crippen LogP contribution in [-0.4, -0.2) is 31.3 Å². The Bertz CT molecular complexity index is 343. The minimum atomic E-state index is 0.0582. The Balaban J connectivity index is 2.17. The summed E-state index contributed by atoms with van der Waals surface area (Å²) in [6.45, 7) is 4.45. The van der Waals surface area contributed by atoms with Gasteiger partial charge in [0.05, 0.1) is 5.75 Å². The number of halogens is 1. The summed E-state index contributed by atoms with van der Waals surface area (Å²) in [5, 5.41) is 6.71. The molecule has 1 aromatic carbocycles. The van der Waals surface area contributed by atoms with E-state index in [1.165, 1.54) is 11.8 Å². The molecule has 0 saturated heterocycles. The van der Waals surface area contributed by atoms with Gasteiger partial charge in [0, 0.05) is 23.0 Å². The standard InChI is InChI=1S/C12H17ClN2OS/c1-2-14-7-8-15-12(16)9-17-11-5-3-10(13)4-6-11/h3-6,14H,2,7-9H2,1H3,(H,15,16). The first-order valence-corrected chi connectivity index (χ1v) is 6.94. The average Bonchev–Trinajstić information content (AvgIpc) is 2.34. The highest BCUT2D eigenvalue weighted by Crippen LogP contribution is 2.19. The smallest absolute Gasteiger partial charge is 0.230 e. The summed E-state index contributed by atoms with van der Waals surface area (Å²) in [5.74, 6) is 0.496. The first-order chi connectivity index (χ1) is 8.22. The fourth-order valence-corrected chi connectivity index (χ4v) is 2.05. The van der Waals surface area contributed by atoms with Gasteiger partial charge in [0.2, 0.25) is 5.91 Å². The maximum absolute atomic E-state index is 11.5. The third-order valence-electron chi connectivity index (χ3n) is 2.06. The van der Waals surface area contributed by atoms with Crippen molar-refractivity contribution in [1.29, 1.82) is 0 Å². The van der Waals surface area contributed by atoms with Crippen molar-refractivity contribution in [3.8, 4) is 0 Å².